The molecule has 0 bridgehead atoms. The number of benzene rings is 1. The van der Waals surface area contributed by atoms with E-state index in [2.05, 4.69) is 64.2 Å². The van der Waals surface area contributed by atoms with Crippen molar-refractivity contribution in [3.05, 3.63) is 34.3 Å². The molecule has 1 aliphatic heterocycles. The minimum atomic E-state index is 0.701. The minimum Gasteiger partial charge on any atom is -0.313 e. The standard InChI is InChI=1S/C14H20BrNS/c1-2-7-16-14-10-17-9-12(14)8-11-5-3-4-6-13(11)15/h3-6,12,14,16H,2,7-10H2,1H3. The third kappa shape index (κ3) is 3.73. The molecule has 0 spiro atoms. The number of nitrogens with one attached hydrogen (secondary N) is 1. The molecular formula is C14H20BrNS. The molecule has 3 heteroatoms. The van der Waals surface area contributed by atoms with E-state index in [4.69, 9.17) is 0 Å². The normalized spacial score (nSPS) is 24.1. The molecule has 1 N–H and O–H groups in total. The van der Waals surface area contributed by atoms with Crippen LogP contribution in [0.5, 0.6) is 0 Å². The smallest absolute Gasteiger partial charge is 0.0207 e. The van der Waals surface area contributed by atoms with Gasteiger partial charge in [0.1, 0.15) is 0 Å². The zero-order valence-corrected chi connectivity index (χ0v) is 12.7. The fourth-order valence-electron chi connectivity index (χ4n) is 2.30. The molecule has 94 valence electrons. The van der Waals surface area contributed by atoms with Crippen molar-refractivity contribution in [2.24, 2.45) is 5.92 Å². The van der Waals surface area contributed by atoms with Crippen molar-refractivity contribution in [3.8, 4) is 0 Å². The van der Waals surface area contributed by atoms with Crippen LogP contribution in [0.25, 0.3) is 0 Å². The van der Waals surface area contributed by atoms with Gasteiger partial charge in [-0.15, -0.1) is 0 Å². The summed E-state index contributed by atoms with van der Waals surface area (Å²) in [5, 5.41) is 3.68. The fourth-order valence-corrected chi connectivity index (χ4v) is 4.18. The van der Waals surface area contributed by atoms with E-state index in [1.54, 1.807) is 0 Å². The summed E-state index contributed by atoms with van der Waals surface area (Å²) in [4.78, 5) is 0. The Morgan fingerprint density at radius 1 is 1.35 bits per heavy atom. The SMILES string of the molecule is CCCNC1CSCC1Cc1ccccc1Br. The first-order valence-electron chi connectivity index (χ1n) is 6.35. The molecule has 2 rings (SSSR count). The lowest BCUT2D eigenvalue weighted by Crippen LogP contribution is -2.36. The summed E-state index contributed by atoms with van der Waals surface area (Å²) in [7, 11) is 0. The molecule has 1 aromatic rings. The summed E-state index contributed by atoms with van der Waals surface area (Å²) in [6.45, 7) is 3.38. The van der Waals surface area contributed by atoms with E-state index in [1.165, 1.54) is 34.4 Å². The van der Waals surface area contributed by atoms with E-state index in [9.17, 15) is 0 Å². The first-order chi connectivity index (χ1) is 8.31. The number of thioether (sulfide) groups is 1. The first-order valence-corrected chi connectivity index (χ1v) is 8.30. The third-order valence-corrected chi connectivity index (χ3v) is 5.33. The average molecular weight is 314 g/mol. The average Bonchev–Trinajstić information content (AvgIpc) is 2.77. The number of hydrogen-bond donors (Lipinski definition) is 1. The largest absolute Gasteiger partial charge is 0.313 e. The van der Waals surface area contributed by atoms with Gasteiger partial charge in [-0.3, -0.25) is 0 Å². The predicted molar refractivity (Wildman–Crippen MR) is 80.7 cm³/mol. The van der Waals surface area contributed by atoms with Crippen LogP contribution in [0, 0.1) is 5.92 Å². The van der Waals surface area contributed by atoms with E-state index < -0.39 is 0 Å². The van der Waals surface area contributed by atoms with Crippen LogP contribution in [0.2, 0.25) is 0 Å². The molecule has 0 aromatic heterocycles. The van der Waals surface area contributed by atoms with Gasteiger partial charge in [-0.2, -0.15) is 11.8 Å². The highest BCUT2D eigenvalue weighted by atomic mass is 79.9. The van der Waals surface area contributed by atoms with Gasteiger partial charge in [-0.25, -0.2) is 0 Å². The summed E-state index contributed by atoms with van der Waals surface area (Å²) in [5.41, 5.74) is 1.45. The van der Waals surface area contributed by atoms with Crippen molar-refractivity contribution < 1.29 is 0 Å². The Hall–Kier alpha value is 0.01000. The molecule has 1 nitrogen and oxygen atoms in total. The van der Waals surface area contributed by atoms with Gasteiger partial charge in [0.15, 0.2) is 0 Å². The van der Waals surface area contributed by atoms with Crippen LogP contribution in [-0.4, -0.2) is 24.1 Å². The van der Waals surface area contributed by atoms with Crippen LogP contribution >= 0.6 is 27.7 Å². The van der Waals surface area contributed by atoms with E-state index in [0.717, 1.165) is 12.5 Å². The lowest BCUT2D eigenvalue weighted by Gasteiger charge is -2.20. The number of rotatable bonds is 5. The van der Waals surface area contributed by atoms with Gasteiger partial charge in [0.05, 0.1) is 0 Å². The summed E-state index contributed by atoms with van der Waals surface area (Å²) in [5.74, 6) is 3.35. The maximum atomic E-state index is 3.68. The Balaban J connectivity index is 1.95. The minimum absolute atomic E-state index is 0.701. The summed E-state index contributed by atoms with van der Waals surface area (Å²) < 4.78 is 1.26. The predicted octanol–water partition coefficient (Wildman–Crippen LogP) is 3.72. The molecule has 1 aliphatic rings. The zero-order valence-electron chi connectivity index (χ0n) is 10.3. The zero-order chi connectivity index (χ0) is 12.1. The van der Waals surface area contributed by atoms with Gasteiger partial charge in [0.25, 0.3) is 0 Å². The van der Waals surface area contributed by atoms with E-state index >= 15 is 0 Å². The Kier molecular flexibility index (Phi) is 5.39. The van der Waals surface area contributed by atoms with Crippen molar-refractivity contribution in [2.45, 2.75) is 25.8 Å². The molecule has 0 aliphatic carbocycles. The van der Waals surface area contributed by atoms with Crippen LogP contribution in [0.1, 0.15) is 18.9 Å². The van der Waals surface area contributed by atoms with Gasteiger partial charge in [0.2, 0.25) is 0 Å². The molecule has 1 fully saturated rings. The third-order valence-electron chi connectivity index (χ3n) is 3.29. The Labute approximate surface area is 117 Å². The summed E-state index contributed by atoms with van der Waals surface area (Å²) in [6, 6.07) is 9.31. The second-order valence-corrected chi connectivity index (χ2v) is 6.58. The maximum Gasteiger partial charge on any atom is 0.0207 e. The lowest BCUT2D eigenvalue weighted by molar-refractivity contribution is 0.425. The molecule has 0 saturated carbocycles. The van der Waals surface area contributed by atoms with E-state index in [0.29, 0.717) is 6.04 Å². The Bertz CT molecular complexity index is 356. The second kappa shape index (κ2) is 6.81. The van der Waals surface area contributed by atoms with Gasteiger partial charge in [-0.1, -0.05) is 41.1 Å². The van der Waals surface area contributed by atoms with Crippen LogP contribution in [-0.2, 0) is 6.42 Å². The second-order valence-electron chi connectivity index (χ2n) is 4.65. The maximum absolute atomic E-state index is 3.68. The number of halogens is 1. The quantitative estimate of drug-likeness (QED) is 0.889. The first kappa shape index (κ1) is 13.4. The van der Waals surface area contributed by atoms with Crippen molar-refractivity contribution >= 4 is 27.7 Å². The van der Waals surface area contributed by atoms with Crippen LogP contribution in [0.15, 0.2) is 28.7 Å². The highest BCUT2D eigenvalue weighted by Crippen LogP contribution is 2.29. The van der Waals surface area contributed by atoms with Gasteiger partial charge in [-0.05, 0) is 42.7 Å². The highest BCUT2D eigenvalue weighted by Gasteiger charge is 2.27. The Morgan fingerprint density at radius 3 is 2.94 bits per heavy atom. The summed E-state index contributed by atoms with van der Waals surface area (Å²) >= 11 is 5.74. The fraction of sp³-hybridized carbons (Fsp3) is 0.571. The lowest BCUT2D eigenvalue weighted by atomic mass is 9.95. The molecule has 2 unspecified atom stereocenters. The summed E-state index contributed by atoms with van der Waals surface area (Å²) in [6.07, 6.45) is 2.42. The van der Waals surface area contributed by atoms with Gasteiger partial charge in [0, 0.05) is 16.3 Å². The molecule has 0 amide bonds. The number of hydrogen-bond acceptors (Lipinski definition) is 2. The van der Waals surface area contributed by atoms with E-state index in [-0.39, 0.29) is 0 Å². The van der Waals surface area contributed by atoms with Crippen molar-refractivity contribution in [1.29, 1.82) is 0 Å². The molecular weight excluding hydrogens is 294 g/mol. The molecule has 0 radical (unpaired) electrons. The van der Waals surface area contributed by atoms with Crippen molar-refractivity contribution in [2.75, 3.05) is 18.1 Å². The molecule has 2 atom stereocenters. The van der Waals surface area contributed by atoms with E-state index in [1.807, 2.05) is 0 Å². The van der Waals surface area contributed by atoms with Gasteiger partial charge < -0.3 is 5.32 Å². The van der Waals surface area contributed by atoms with Crippen LogP contribution in [0.3, 0.4) is 0 Å². The molecule has 1 saturated heterocycles. The Morgan fingerprint density at radius 2 is 2.18 bits per heavy atom. The van der Waals surface area contributed by atoms with Crippen molar-refractivity contribution in [3.63, 3.8) is 0 Å². The molecule has 1 aromatic carbocycles. The topological polar surface area (TPSA) is 12.0 Å². The molecule has 17 heavy (non-hydrogen) atoms. The van der Waals surface area contributed by atoms with Crippen LogP contribution in [0.4, 0.5) is 0 Å². The van der Waals surface area contributed by atoms with Crippen molar-refractivity contribution in [1.82, 2.24) is 5.32 Å². The van der Waals surface area contributed by atoms with Crippen LogP contribution < -0.4 is 5.32 Å². The molecule has 1 heterocycles. The monoisotopic (exact) mass is 313 g/mol. The highest BCUT2D eigenvalue weighted by molar-refractivity contribution is 9.10. The van der Waals surface area contributed by atoms with Gasteiger partial charge >= 0.3 is 0 Å².